The van der Waals surface area contributed by atoms with E-state index in [2.05, 4.69) is 16.8 Å². The molecule has 0 radical (unpaired) electrons. The maximum atomic E-state index is 13.4. The van der Waals surface area contributed by atoms with E-state index >= 15 is 0 Å². The minimum atomic E-state index is -0.519. The third kappa shape index (κ3) is 3.68. The van der Waals surface area contributed by atoms with Gasteiger partial charge in [0.1, 0.15) is 5.82 Å². The van der Waals surface area contributed by atoms with Crippen molar-refractivity contribution in [2.45, 2.75) is 12.5 Å². The Morgan fingerprint density at radius 3 is 2.67 bits per heavy atom. The molecule has 0 saturated heterocycles. The molecule has 1 unspecified atom stereocenters. The highest BCUT2D eigenvalue weighted by Crippen LogP contribution is 2.38. The molecule has 27 heavy (non-hydrogen) atoms. The molecule has 2 heterocycles. The van der Waals surface area contributed by atoms with Crippen molar-refractivity contribution in [2.75, 3.05) is 11.9 Å². The lowest BCUT2D eigenvalue weighted by Crippen LogP contribution is -2.42. The molecule has 0 aliphatic carbocycles. The molecular weight excluding hydrogens is 406 g/mol. The Bertz CT molecular complexity index is 990. The molecule has 3 aromatic rings. The first-order valence-corrected chi connectivity index (χ1v) is 10.0. The lowest BCUT2D eigenvalue weighted by atomic mass is 9.93. The lowest BCUT2D eigenvalue weighted by molar-refractivity contribution is 0.194. The number of urea groups is 1. The van der Waals surface area contributed by atoms with Crippen LogP contribution in [0.2, 0.25) is 10.0 Å². The van der Waals surface area contributed by atoms with Crippen molar-refractivity contribution in [1.82, 2.24) is 4.90 Å². The molecule has 138 valence electrons. The van der Waals surface area contributed by atoms with Gasteiger partial charge in [0, 0.05) is 22.1 Å². The SMILES string of the molecule is O=C(Nc1ccc(F)c(Cl)c1)N1CCc2sccc2C1c1ccc(Cl)cc1. The molecular formula is C20H15Cl2FN2OS. The summed E-state index contributed by atoms with van der Waals surface area (Å²) in [6.45, 7) is 0.585. The Labute approximate surface area is 170 Å². The first-order valence-electron chi connectivity index (χ1n) is 8.37. The van der Waals surface area contributed by atoms with Crippen molar-refractivity contribution >= 4 is 46.3 Å². The van der Waals surface area contributed by atoms with Gasteiger partial charge in [-0.25, -0.2) is 9.18 Å². The van der Waals surface area contributed by atoms with Gasteiger partial charge in [-0.2, -0.15) is 0 Å². The van der Waals surface area contributed by atoms with Crippen LogP contribution in [0.25, 0.3) is 0 Å². The van der Waals surface area contributed by atoms with Crippen LogP contribution in [-0.4, -0.2) is 17.5 Å². The van der Waals surface area contributed by atoms with Gasteiger partial charge in [-0.15, -0.1) is 11.3 Å². The molecule has 1 aromatic heterocycles. The Morgan fingerprint density at radius 2 is 1.93 bits per heavy atom. The number of thiophene rings is 1. The van der Waals surface area contributed by atoms with Crippen LogP contribution in [0.3, 0.4) is 0 Å². The second kappa shape index (κ2) is 7.50. The highest BCUT2D eigenvalue weighted by Gasteiger charge is 2.32. The van der Waals surface area contributed by atoms with Gasteiger partial charge < -0.3 is 10.2 Å². The van der Waals surface area contributed by atoms with Gasteiger partial charge in [-0.3, -0.25) is 0 Å². The molecule has 2 aromatic carbocycles. The Kier molecular flexibility index (Phi) is 5.08. The van der Waals surface area contributed by atoms with Gasteiger partial charge in [0.05, 0.1) is 11.1 Å². The van der Waals surface area contributed by atoms with Crippen LogP contribution in [0.5, 0.6) is 0 Å². The van der Waals surface area contributed by atoms with E-state index in [1.54, 1.807) is 16.2 Å². The van der Waals surface area contributed by atoms with Crippen molar-refractivity contribution in [1.29, 1.82) is 0 Å². The van der Waals surface area contributed by atoms with Crippen LogP contribution in [0.4, 0.5) is 14.9 Å². The molecule has 1 atom stereocenters. The van der Waals surface area contributed by atoms with Crippen molar-refractivity contribution in [3.05, 3.63) is 85.8 Å². The third-order valence-electron chi connectivity index (χ3n) is 4.58. The minimum absolute atomic E-state index is 0.0270. The normalized spacial score (nSPS) is 16.1. The Balaban J connectivity index is 1.66. The quantitative estimate of drug-likeness (QED) is 0.512. The van der Waals surface area contributed by atoms with Crippen molar-refractivity contribution in [3.8, 4) is 0 Å². The topological polar surface area (TPSA) is 32.3 Å². The molecule has 0 fully saturated rings. The average molecular weight is 421 g/mol. The highest BCUT2D eigenvalue weighted by atomic mass is 35.5. The number of hydrogen-bond acceptors (Lipinski definition) is 2. The van der Waals surface area contributed by atoms with Crippen molar-refractivity contribution < 1.29 is 9.18 Å². The van der Waals surface area contributed by atoms with E-state index in [0.29, 0.717) is 17.3 Å². The number of carbonyl (C=O) groups excluding carboxylic acids is 1. The van der Waals surface area contributed by atoms with Crippen LogP contribution in [-0.2, 0) is 6.42 Å². The number of rotatable bonds is 2. The number of anilines is 1. The molecule has 2 amide bonds. The summed E-state index contributed by atoms with van der Waals surface area (Å²) < 4.78 is 13.4. The minimum Gasteiger partial charge on any atom is -0.313 e. The predicted molar refractivity (Wildman–Crippen MR) is 108 cm³/mol. The largest absolute Gasteiger partial charge is 0.322 e. The zero-order valence-corrected chi connectivity index (χ0v) is 16.4. The Morgan fingerprint density at radius 1 is 1.15 bits per heavy atom. The summed E-state index contributed by atoms with van der Waals surface area (Å²) in [7, 11) is 0. The number of nitrogens with zero attached hydrogens (tertiary/aromatic N) is 1. The smallest absolute Gasteiger partial charge is 0.313 e. The molecule has 1 aliphatic heterocycles. The molecule has 0 bridgehead atoms. The maximum Gasteiger partial charge on any atom is 0.322 e. The van der Waals surface area contributed by atoms with Crippen LogP contribution >= 0.6 is 34.5 Å². The summed E-state index contributed by atoms with van der Waals surface area (Å²) in [5, 5.41) is 5.50. The second-order valence-electron chi connectivity index (χ2n) is 6.26. The van der Waals surface area contributed by atoms with Crippen LogP contribution in [0, 0.1) is 5.82 Å². The van der Waals surface area contributed by atoms with E-state index in [1.165, 1.54) is 23.1 Å². The molecule has 3 nitrogen and oxygen atoms in total. The fourth-order valence-electron chi connectivity index (χ4n) is 3.31. The fraction of sp³-hybridized carbons (Fsp3) is 0.150. The summed E-state index contributed by atoms with van der Waals surface area (Å²) >= 11 is 13.6. The van der Waals surface area contributed by atoms with E-state index in [-0.39, 0.29) is 17.1 Å². The molecule has 0 spiro atoms. The molecule has 1 aliphatic rings. The zero-order valence-electron chi connectivity index (χ0n) is 14.1. The monoisotopic (exact) mass is 420 g/mol. The number of fused-ring (bicyclic) bond motifs is 1. The predicted octanol–water partition coefficient (Wildman–Crippen LogP) is 6.37. The maximum absolute atomic E-state index is 13.4. The van der Waals surface area contributed by atoms with E-state index in [4.69, 9.17) is 23.2 Å². The number of amides is 2. The number of halogens is 3. The molecule has 1 N–H and O–H groups in total. The van der Waals surface area contributed by atoms with E-state index in [1.807, 2.05) is 24.3 Å². The van der Waals surface area contributed by atoms with Crippen LogP contribution < -0.4 is 5.32 Å². The van der Waals surface area contributed by atoms with Crippen LogP contribution in [0.1, 0.15) is 22.0 Å². The summed E-state index contributed by atoms with van der Waals surface area (Å²) in [5.41, 5.74) is 2.57. The number of nitrogens with one attached hydrogen (secondary N) is 1. The number of benzene rings is 2. The van der Waals surface area contributed by atoms with Gasteiger partial charge in [0.25, 0.3) is 0 Å². The standard InChI is InChI=1S/C20H15Cl2FN2OS/c21-13-3-1-12(2-4-13)19-15-8-10-27-18(15)7-9-25(19)20(26)24-14-5-6-17(23)16(22)11-14/h1-6,8,10-11,19H,7,9H2,(H,24,26). The van der Waals surface area contributed by atoms with Gasteiger partial charge in [-0.05, 0) is 59.3 Å². The third-order valence-corrected chi connectivity index (χ3v) is 6.12. The summed E-state index contributed by atoms with van der Waals surface area (Å²) in [4.78, 5) is 16.1. The second-order valence-corrected chi connectivity index (χ2v) is 8.10. The fourth-order valence-corrected chi connectivity index (χ4v) is 4.52. The Hall–Kier alpha value is -2.08. The molecule has 4 rings (SSSR count). The van der Waals surface area contributed by atoms with Crippen LogP contribution in [0.15, 0.2) is 53.9 Å². The number of carbonyl (C=O) groups is 1. The van der Waals surface area contributed by atoms with Gasteiger partial charge >= 0.3 is 6.03 Å². The molecule has 7 heteroatoms. The zero-order chi connectivity index (χ0) is 19.0. The van der Waals surface area contributed by atoms with Gasteiger partial charge in [-0.1, -0.05) is 35.3 Å². The lowest BCUT2D eigenvalue weighted by Gasteiger charge is -2.36. The first-order chi connectivity index (χ1) is 13.0. The van der Waals surface area contributed by atoms with Crippen molar-refractivity contribution in [2.24, 2.45) is 0 Å². The van der Waals surface area contributed by atoms with Gasteiger partial charge in [0.2, 0.25) is 0 Å². The summed E-state index contributed by atoms with van der Waals surface area (Å²) in [5.74, 6) is -0.519. The molecule has 0 saturated carbocycles. The summed E-state index contributed by atoms with van der Waals surface area (Å²) in [6, 6.07) is 13.3. The first kappa shape index (κ1) is 18.3. The van der Waals surface area contributed by atoms with Gasteiger partial charge in [0.15, 0.2) is 0 Å². The van der Waals surface area contributed by atoms with E-state index in [9.17, 15) is 9.18 Å². The van der Waals surface area contributed by atoms with E-state index in [0.717, 1.165) is 17.5 Å². The average Bonchev–Trinajstić information content (AvgIpc) is 3.13. The summed E-state index contributed by atoms with van der Waals surface area (Å²) in [6.07, 6.45) is 0.800. The van der Waals surface area contributed by atoms with Crippen molar-refractivity contribution in [3.63, 3.8) is 0 Å². The highest BCUT2D eigenvalue weighted by molar-refractivity contribution is 7.10. The number of hydrogen-bond donors (Lipinski definition) is 1. The van der Waals surface area contributed by atoms with E-state index < -0.39 is 5.82 Å².